The Kier molecular flexibility index (Phi) is 5.04. The first-order valence-corrected chi connectivity index (χ1v) is 10.1. The molecular formula is C22H22ClN3O3. The quantitative estimate of drug-likeness (QED) is 0.757. The number of aryl methyl sites for hydroxylation is 1. The largest absolute Gasteiger partial charge is 0.348 e. The Morgan fingerprint density at radius 1 is 1.21 bits per heavy atom. The van der Waals surface area contributed by atoms with Crippen LogP contribution >= 0.6 is 11.6 Å². The molecule has 0 unspecified atom stereocenters. The maximum atomic E-state index is 13.2. The standard InChI is InChI=1S/C22H22ClN3O3/c1-14(16-9-3-5-11-18(16)23)24-19(27)13-26-20(28)22(25-21(26)29)12-6-8-15-7-2-4-10-17(15)22/h2-5,7,9-11,14H,6,8,12-13H2,1H3,(H,24,27)(H,25,29)/t14-,22-/m1/s1. The Labute approximate surface area is 174 Å². The zero-order chi connectivity index (χ0) is 20.6. The number of imide groups is 1. The minimum absolute atomic E-state index is 0.330. The Bertz CT molecular complexity index is 993. The highest BCUT2D eigenvalue weighted by atomic mass is 35.5. The molecule has 2 atom stereocenters. The highest BCUT2D eigenvalue weighted by Gasteiger charge is 2.54. The van der Waals surface area contributed by atoms with Gasteiger partial charge in [-0.15, -0.1) is 0 Å². The van der Waals surface area contributed by atoms with Crippen LogP contribution in [0.15, 0.2) is 48.5 Å². The van der Waals surface area contributed by atoms with Gasteiger partial charge in [0.1, 0.15) is 12.1 Å². The van der Waals surface area contributed by atoms with E-state index < -0.39 is 17.5 Å². The second kappa shape index (κ2) is 7.52. The Balaban J connectivity index is 1.51. The molecule has 150 valence electrons. The van der Waals surface area contributed by atoms with Crippen molar-refractivity contribution < 1.29 is 14.4 Å². The molecule has 0 aromatic heterocycles. The molecule has 0 saturated carbocycles. The van der Waals surface area contributed by atoms with Crippen LogP contribution in [0.1, 0.15) is 42.5 Å². The monoisotopic (exact) mass is 411 g/mol. The number of carbonyl (C=O) groups excluding carboxylic acids is 3. The van der Waals surface area contributed by atoms with E-state index in [1.807, 2.05) is 49.4 Å². The van der Waals surface area contributed by atoms with Crippen molar-refractivity contribution in [3.05, 3.63) is 70.2 Å². The molecule has 0 bridgehead atoms. The fourth-order valence-corrected chi connectivity index (χ4v) is 4.59. The summed E-state index contributed by atoms with van der Waals surface area (Å²) in [7, 11) is 0. The van der Waals surface area contributed by atoms with Crippen molar-refractivity contribution in [2.45, 2.75) is 37.8 Å². The van der Waals surface area contributed by atoms with Gasteiger partial charge in [-0.05, 0) is 48.9 Å². The molecule has 1 aliphatic carbocycles. The summed E-state index contributed by atoms with van der Waals surface area (Å²) in [4.78, 5) is 39.4. The van der Waals surface area contributed by atoms with E-state index in [1.54, 1.807) is 6.07 Å². The molecule has 2 aliphatic rings. The summed E-state index contributed by atoms with van der Waals surface area (Å²) in [5.74, 6) is -0.780. The van der Waals surface area contributed by atoms with E-state index in [9.17, 15) is 14.4 Å². The summed E-state index contributed by atoms with van der Waals surface area (Å²) in [5, 5.41) is 6.23. The third-order valence-corrected chi connectivity index (χ3v) is 6.05. The van der Waals surface area contributed by atoms with Crippen molar-refractivity contribution in [1.29, 1.82) is 0 Å². The number of benzene rings is 2. The van der Waals surface area contributed by atoms with Crippen LogP contribution in [-0.2, 0) is 21.5 Å². The predicted octanol–water partition coefficient (Wildman–Crippen LogP) is 3.30. The lowest BCUT2D eigenvalue weighted by molar-refractivity contribution is -0.135. The van der Waals surface area contributed by atoms with Gasteiger partial charge in [0.25, 0.3) is 5.91 Å². The van der Waals surface area contributed by atoms with Gasteiger partial charge in [0.05, 0.1) is 6.04 Å². The van der Waals surface area contributed by atoms with Gasteiger partial charge in [-0.3, -0.25) is 14.5 Å². The number of hydrogen-bond donors (Lipinski definition) is 2. The molecule has 6 nitrogen and oxygen atoms in total. The minimum Gasteiger partial charge on any atom is -0.348 e. The summed E-state index contributed by atoms with van der Waals surface area (Å²) in [6, 6.07) is 14.0. The van der Waals surface area contributed by atoms with Crippen molar-refractivity contribution in [1.82, 2.24) is 15.5 Å². The molecule has 4 amide bonds. The average Bonchev–Trinajstić information content (AvgIpc) is 2.93. The zero-order valence-corrected chi connectivity index (χ0v) is 16.8. The summed E-state index contributed by atoms with van der Waals surface area (Å²) in [6.45, 7) is 1.48. The van der Waals surface area contributed by atoms with Gasteiger partial charge in [-0.1, -0.05) is 54.1 Å². The molecule has 1 fully saturated rings. The molecule has 1 saturated heterocycles. The fraction of sp³-hybridized carbons (Fsp3) is 0.318. The van der Waals surface area contributed by atoms with E-state index in [1.165, 1.54) is 0 Å². The van der Waals surface area contributed by atoms with Gasteiger partial charge in [-0.25, -0.2) is 4.79 Å². The van der Waals surface area contributed by atoms with E-state index >= 15 is 0 Å². The van der Waals surface area contributed by atoms with Crippen molar-refractivity contribution in [2.75, 3.05) is 6.54 Å². The number of nitrogens with one attached hydrogen (secondary N) is 2. The van der Waals surface area contributed by atoms with E-state index in [0.29, 0.717) is 11.4 Å². The third-order valence-electron chi connectivity index (χ3n) is 5.70. The summed E-state index contributed by atoms with van der Waals surface area (Å²) >= 11 is 6.18. The molecule has 2 aromatic rings. The van der Waals surface area contributed by atoms with Crippen LogP contribution in [0.4, 0.5) is 4.79 Å². The van der Waals surface area contributed by atoms with Gasteiger partial charge >= 0.3 is 6.03 Å². The van der Waals surface area contributed by atoms with Crippen molar-refractivity contribution >= 4 is 29.4 Å². The smallest absolute Gasteiger partial charge is 0.325 e. The molecule has 0 radical (unpaired) electrons. The number of hydrogen-bond acceptors (Lipinski definition) is 3. The molecule has 2 aromatic carbocycles. The van der Waals surface area contributed by atoms with Gasteiger partial charge in [-0.2, -0.15) is 0 Å². The van der Waals surface area contributed by atoms with E-state index in [4.69, 9.17) is 11.6 Å². The normalized spacial score (nSPS) is 21.7. The number of amides is 4. The van der Waals surface area contributed by atoms with Crippen molar-refractivity contribution in [3.63, 3.8) is 0 Å². The number of urea groups is 1. The van der Waals surface area contributed by atoms with Crippen molar-refractivity contribution in [2.24, 2.45) is 0 Å². The first kappa shape index (κ1) is 19.5. The third kappa shape index (κ3) is 3.38. The lowest BCUT2D eigenvalue weighted by Crippen LogP contribution is -2.47. The number of rotatable bonds is 4. The maximum Gasteiger partial charge on any atom is 0.325 e. The fourth-order valence-electron chi connectivity index (χ4n) is 4.29. The summed E-state index contributed by atoms with van der Waals surface area (Å²) in [6.07, 6.45) is 2.20. The number of fused-ring (bicyclic) bond motifs is 2. The van der Waals surface area contributed by atoms with Gasteiger partial charge in [0.2, 0.25) is 5.91 Å². The number of carbonyl (C=O) groups is 3. The van der Waals surface area contributed by atoms with Crippen LogP contribution in [0.5, 0.6) is 0 Å². The van der Waals surface area contributed by atoms with Crippen LogP contribution in [0, 0.1) is 0 Å². The Morgan fingerprint density at radius 3 is 2.72 bits per heavy atom. The topological polar surface area (TPSA) is 78.5 Å². The molecule has 29 heavy (non-hydrogen) atoms. The van der Waals surface area contributed by atoms with E-state index in [2.05, 4.69) is 10.6 Å². The molecule has 1 aliphatic heterocycles. The van der Waals surface area contributed by atoms with Gasteiger partial charge in [0.15, 0.2) is 0 Å². The highest BCUT2D eigenvalue weighted by molar-refractivity contribution is 6.31. The first-order valence-electron chi connectivity index (χ1n) is 9.68. The summed E-state index contributed by atoms with van der Waals surface area (Å²) in [5.41, 5.74) is 1.60. The molecule has 4 rings (SSSR count). The van der Waals surface area contributed by atoms with Crippen LogP contribution < -0.4 is 10.6 Å². The Hall–Kier alpha value is -2.86. The molecule has 1 spiro atoms. The molecule has 2 N–H and O–H groups in total. The average molecular weight is 412 g/mol. The van der Waals surface area contributed by atoms with Crippen molar-refractivity contribution in [3.8, 4) is 0 Å². The minimum atomic E-state index is -1.07. The lowest BCUT2D eigenvalue weighted by Gasteiger charge is -2.33. The van der Waals surface area contributed by atoms with Crippen LogP contribution in [0.2, 0.25) is 5.02 Å². The van der Waals surface area contributed by atoms with Gasteiger partial charge in [0, 0.05) is 5.02 Å². The summed E-state index contributed by atoms with van der Waals surface area (Å²) < 4.78 is 0. The molecule has 1 heterocycles. The maximum absolute atomic E-state index is 13.2. The predicted molar refractivity (Wildman–Crippen MR) is 109 cm³/mol. The lowest BCUT2D eigenvalue weighted by atomic mass is 9.76. The molecular weight excluding hydrogens is 390 g/mol. The second-order valence-corrected chi connectivity index (χ2v) is 7.96. The van der Waals surface area contributed by atoms with Crippen LogP contribution in [0.25, 0.3) is 0 Å². The zero-order valence-electron chi connectivity index (χ0n) is 16.1. The van der Waals surface area contributed by atoms with Crippen LogP contribution in [0.3, 0.4) is 0 Å². The number of halogens is 1. The SMILES string of the molecule is C[C@@H](NC(=O)CN1C(=O)N[C@@]2(CCCc3ccccc32)C1=O)c1ccccc1Cl. The highest BCUT2D eigenvalue weighted by Crippen LogP contribution is 2.39. The number of nitrogens with zero attached hydrogens (tertiary/aromatic N) is 1. The van der Waals surface area contributed by atoms with Gasteiger partial charge < -0.3 is 10.6 Å². The van der Waals surface area contributed by atoms with Crippen LogP contribution in [-0.4, -0.2) is 29.3 Å². The van der Waals surface area contributed by atoms with E-state index in [-0.39, 0.29) is 18.5 Å². The van der Waals surface area contributed by atoms with E-state index in [0.717, 1.165) is 34.4 Å². The Morgan fingerprint density at radius 2 is 1.93 bits per heavy atom. The second-order valence-electron chi connectivity index (χ2n) is 7.55. The first-order chi connectivity index (χ1) is 13.9. The molecule has 7 heteroatoms.